The van der Waals surface area contributed by atoms with Gasteiger partial charge in [-0.15, -0.1) is 0 Å². The summed E-state index contributed by atoms with van der Waals surface area (Å²) in [5.41, 5.74) is -0.923. The van der Waals surface area contributed by atoms with Crippen molar-refractivity contribution in [1.29, 1.82) is 0 Å². The normalized spacial score (nSPS) is 9.67. The number of carbonyl (C=O) groups is 2. The molecule has 0 saturated carbocycles. The quantitative estimate of drug-likeness (QED) is 0.484. The number of hydrogen-bond donors (Lipinski definition) is 1. The molecule has 0 spiro atoms. The molecule has 0 aliphatic heterocycles. The van der Waals surface area contributed by atoms with Crippen molar-refractivity contribution in [3.63, 3.8) is 0 Å². The lowest BCUT2D eigenvalue weighted by atomic mass is 10.2. The number of rotatable bonds is 4. The zero-order chi connectivity index (χ0) is 13.7. The molecule has 1 amide bonds. The molecular formula is C10H9FN2O5. The van der Waals surface area contributed by atoms with Crippen LogP contribution in [0.1, 0.15) is 10.4 Å². The number of nitro benzene ring substituents is 1. The number of amides is 1. The minimum Gasteiger partial charge on any atom is -0.468 e. The first-order valence-electron chi connectivity index (χ1n) is 4.74. The highest BCUT2D eigenvalue weighted by Gasteiger charge is 2.17. The van der Waals surface area contributed by atoms with Crippen LogP contribution in [0.3, 0.4) is 0 Å². The predicted octanol–water partition coefficient (Wildman–Crippen LogP) is 0.637. The number of nitrogens with one attached hydrogen (secondary N) is 1. The SMILES string of the molecule is COC(=O)CNC(=O)c1ccc(F)c([N+](=O)[O-])c1. The fourth-order valence-electron chi connectivity index (χ4n) is 1.12. The highest BCUT2D eigenvalue weighted by molar-refractivity contribution is 5.96. The van der Waals surface area contributed by atoms with Crippen LogP contribution in [0.15, 0.2) is 18.2 Å². The van der Waals surface area contributed by atoms with Gasteiger partial charge in [0.25, 0.3) is 5.91 Å². The number of ether oxygens (including phenoxy) is 1. The minimum atomic E-state index is -1.04. The van der Waals surface area contributed by atoms with Crippen LogP contribution in [0.25, 0.3) is 0 Å². The predicted molar refractivity (Wildman–Crippen MR) is 57.4 cm³/mol. The Labute approximate surface area is 101 Å². The van der Waals surface area contributed by atoms with E-state index in [9.17, 15) is 24.1 Å². The summed E-state index contributed by atoms with van der Waals surface area (Å²) >= 11 is 0. The lowest BCUT2D eigenvalue weighted by Gasteiger charge is -2.04. The summed E-state index contributed by atoms with van der Waals surface area (Å²) in [6.45, 7) is -0.374. The number of hydrogen-bond acceptors (Lipinski definition) is 5. The topological polar surface area (TPSA) is 98.5 Å². The van der Waals surface area contributed by atoms with Gasteiger partial charge in [0.2, 0.25) is 5.82 Å². The van der Waals surface area contributed by atoms with Crippen LogP contribution in [0.5, 0.6) is 0 Å². The van der Waals surface area contributed by atoms with Gasteiger partial charge in [-0.2, -0.15) is 4.39 Å². The van der Waals surface area contributed by atoms with Crippen molar-refractivity contribution in [1.82, 2.24) is 5.32 Å². The van der Waals surface area contributed by atoms with E-state index in [4.69, 9.17) is 0 Å². The molecule has 0 atom stereocenters. The van der Waals surface area contributed by atoms with Gasteiger partial charge in [-0.3, -0.25) is 19.7 Å². The average molecular weight is 256 g/mol. The monoisotopic (exact) mass is 256 g/mol. The summed E-state index contributed by atoms with van der Waals surface area (Å²) in [6, 6.07) is 2.68. The van der Waals surface area contributed by atoms with Crippen LogP contribution in [-0.4, -0.2) is 30.5 Å². The van der Waals surface area contributed by atoms with E-state index in [-0.39, 0.29) is 12.1 Å². The van der Waals surface area contributed by atoms with Crippen LogP contribution < -0.4 is 5.32 Å². The first-order valence-corrected chi connectivity index (χ1v) is 4.74. The van der Waals surface area contributed by atoms with Gasteiger partial charge in [0.1, 0.15) is 6.54 Å². The van der Waals surface area contributed by atoms with Crippen molar-refractivity contribution < 1.29 is 23.6 Å². The molecule has 0 bridgehead atoms. The smallest absolute Gasteiger partial charge is 0.325 e. The first kappa shape index (κ1) is 13.6. The van der Waals surface area contributed by atoms with Crippen molar-refractivity contribution in [3.05, 3.63) is 39.7 Å². The number of methoxy groups -OCH3 is 1. The molecule has 0 saturated heterocycles. The molecule has 96 valence electrons. The Bertz CT molecular complexity index is 503. The van der Waals surface area contributed by atoms with Crippen LogP contribution in [0.4, 0.5) is 10.1 Å². The van der Waals surface area contributed by atoms with Crippen LogP contribution in [-0.2, 0) is 9.53 Å². The Morgan fingerprint density at radius 3 is 2.72 bits per heavy atom. The number of carbonyl (C=O) groups excluding carboxylic acids is 2. The van der Waals surface area contributed by atoms with Crippen molar-refractivity contribution in [2.24, 2.45) is 0 Å². The average Bonchev–Trinajstić information content (AvgIpc) is 2.35. The third-order valence-electron chi connectivity index (χ3n) is 2.03. The first-order chi connectivity index (χ1) is 8.45. The summed E-state index contributed by atoms with van der Waals surface area (Å²) in [5.74, 6) is -2.44. The van der Waals surface area contributed by atoms with Gasteiger partial charge >= 0.3 is 11.7 Å². The lowest BCUT2D eigenvalue weighted by Crippen LogP contribution is -2.30. The molecule has 0 aliphatic rings. The molecule has 1 aromatic carbocycles. The summed E-state index contributed by atoms with van der Waals surface area (Å²) in [5, 5.41) is 12.6. The van der Waals surface area contributed by atoms with Gasteiger partial charge in [0.05, 0.1) is 12.0 Å². The second-order valence-corrected chi connectivity index (χ2v) is 3.18. The lowest BCUT2D eigenvalue weighted by molar-refractivity contribution is -0.387. The molecule has 0 fully saturated rings. The van der Waals surface area contributed by atoms with Gasteiger partial charge in [-0.25, -0.2) is 0 Å². The largest absolute Gasteiger partial charge is 0.468 e. The number of esters is 1. The van der Waals surface area contributed by atoms with Crippen LogP contribution in [0.2, 0.25) is 0 Å². The van der Waals surface area contributed by atoms with Crippen molar-refractivity contribution >= 4 is 17.6 Å². The third kappa shape index (κ3) is 3.24. The maximum absolute atomic E-state index is 13.0. The van der Waals surface area contributed by atoms with E-state index in [0.29, 0.717) is 0 Å². The summed E-state index contributed by atoms with van der Waals surface area (Å²) < 4.78 is 17.3. The van der Waals surface area contributed by atoms with Crippen LogP contribution >= 0.6 is 0 Å². The number of nitro groups is 1. The molecule has 18 heavy (non-hydrogen) atoms. The molecule has 1 rings (SSSR count). The van der Waals surface area contributed by atoms with E-state index in [1.165, 1.54) is 0 Å². The van der Waals surface area contributed by atoms with Gasteiger partial charge < -0.3 is 10.1 Å². The fraction of sp³-hybridized carbons (Fsp3) is 0.200. The molecule has 7 nitrogen and oxygen atoms in total. The number of halogens is 1. The van der Waals surface area contributed by atoms with E-state index in [1.54, 1.807) is 0 Å². The van der Waals surface area contributed by atoms with E-state index < -0.39 is 28.3 Å². The Balaban J connectivity index is 2.84. The molecule has 1 aromatic rings. The highest BCUT2D eigenvalue weighted by Crippen LogP contribution is 2.18. The summed E-state index contributed by atoms with van der Waals surface area (Å²) in [7, 11) is 1.15. The van der Waals surface area contributed by atoms with E-state index in [2.05, 4.69) is 10.1 Å². The Hall–Kier alpha value is -2.51. The van der Waals surface area contributed by atoms with Gasteiger partial charge in [0.15, 0.2) is 0 Å². The number of benzene rings is 1. The molecule has 1 N–H and O–H groups in total. The zero-order valence-corrected chi connectivity index (χ0v) is 9.31. The number of nitrogens with zero attached hydrogens (tertiary/aromatic N) is 1. The van der Waals surface area contributed by atoms with Crippen molar-refractivity contribution in [3.8, 4) is 0 Å². The molecular weight excluding hydrogens is 247 g/mol. The van der Waals surface area contributed by atoms with Crippen molar-refractivity contribution in [2.45, 2.75) is 0 Å². The molecule has 0 heterocycles. The second-order valence-electron chi connectivity index (χ2n) is 3.18. The third-order valence-corrected chi connectivity index (χ3v) is 2.03. The van der Waals surface area contributed by atoms with Gasteiger partial charge in [-0.05, 0) is 12.1 Å². The zero-order valence-electron chi connectivity index (χ0n) is 9.31. The van der Waals surface area contributed by atoms with Gasteiger partial charge in [0, 0.05) is 11.6 Å². The van der Waals surface area contributed by atoms with Crippen molar-refractivity contribution in [2.75, 3.05) is 13.7 Å². The molecule has 0 aromatic heterocycles. The molecule has 0 aliphatic carbocycles. The second kappa shape index (κ2) is 5.71. The summed E-state index contributed by atoms with van der Waals surface area (Å²) in [4.78, 5) is 31.8. The van der Waals surface area contributed by atoms with Gasteiger partial charge in [-0.1, -0.05) is 0 Å². The molecule has 8 heteroatoms. The standard InChI is InChI=1S/C10H9FN2O5/c1-18-9(14)5-12-10(15)6-2-3-7(11)8(4-6)13(16)17/h2-4H,5H2,1H3,(H,12,15). The van der Waals surface area contributed by atoms with E-state index in [0.717, 1.165) is 25.3 Å². The van der Waals surface area contributed by atoms with Crippen LogP contribution in [0, 0.1) is 15.9 Å². The maximum Gasteiger partial charge on any atom is 0.325 e. The Kier molecular flexibility index (Phi) is 4.30. The highest BCUT2D eigenvalue weighted by atomic mass is 19.1. The maximum atomic E-state index is 13.0. The fourth-order valence-corrected chi connectivity index (χ4v) is 1.12. The summed E-state index contributed by atoms with van der Waals surface area (Å²) in [6.07, 6.45) is 0. The molecule has 0 radical (unpaired) electrons. The minimum absolute atomic E-state index is 0.119. The van der Waals surface area contributed by atoms with E-state index in [1.807, 2.05) is 0 Å². The van der Waals surface area contributed by atoms with E-state index >= 15 is 0 Å². The Morgan fingerprint density at radius 1 is 1.50 bits per heavy atom. The molecule has 0 unspecified atom stereocenters. The Morgan fingerprint density at radius 2 is 2.17 bits per heavy atom.